The quantitative estimate of drug-likeness (QED) is 0.130. The summed E-state index contributed by atoms with van der Waals surface area (Å²) in [4.78, 5) is 59.1. The molecule has 3 fully saturated rings. The molecular weight excluding hydrogens is 709 g/mol. The molecule has 3 aliphatic carbocycles. The molecule has 0 heterocycles. The third-order valence-electron chi connectivity index (χ3n) is 11.8. The van der Waals surface area contributed by atoms with Crippen molar-refractivity contribution in [2.45, 2.75) is 89.4 Å². The van der Waals surface area contributed by atoms with Crippen molar-refractivity contribution in [1.82, 2.24) is 9.80 Å². The van der Waals surface area contributed by atoms with E-state index in [2.05, 4.69) is 0 Å². The Morgan fingerprint density at radius 3 is 1.09 bits per heavy atom. The SMILES string of the molecule is O=C(O)[C@@H]1[C@@H](C(=O)O)[C@@H](C(=O)N(Cc2ccc(Oc3ccccc3)cc2)C2CCCCC2)[C@@H]1C(=O)N(Cc1ccc(Oc2ccccc2)cc1)C1CCCCC1. The number of benzene rings is 4. The van der Waals surface area contributed by atoms with Crippen LogP contribution >= 0.6 is 0 Å². The number of carbonyl (C=O) groups excluding carboxylic acids is 2. The minimum absolute atomic E-state index is 0.156. The third-order valence-corrected chi connectivity index (χ3v) is 11.8. The average molecular weight is 759 g/mol. The normalized spacial score (nSPS) is 21.3. The van der Waals surface area contributed by atoms with Gasteiger partial charge in [-0.3, -0.25) is 19.2 Å². The highest BCUT2D eigenvalue weighted by Gasteiger charge is 2.65. The number of aliphatic carboxylic acids is 2. The lowest BCUT2D eigenvalue weighted by atomic mass is 9.55. The molecule has 0 unspecified atom stereocenters. The van der Waals surface area contributed by atoms with Crippen molar-refractivity contribution in [1.29, 1.82) is 0 Å². The summed E-state index contributed by atoms with van der Waals surface area (Å²) in [5.74, 6) is -6.66. The van der Waals surface area contributed by atoms with Crippen molar-refractivity contribution in [2.75, 3.05) is 0 Å². The van der Waals surface area contributed by atoms with Crippen molar-refractivity contribution < 1.29 is 38.9 Å². The van der Waals surface area contributed by atoms with Gasteiger partial charge >= 0.3 is 11.9 Å². The number of para-hydroxylation sites is 2. The second kappa shape index (κ2) is 17.9. The maximum atomic E-state index is 14.9. The van der Waals surface area contributed by atoms with Crippen LogP contribution < -0.4 is 9.47 Å². The first-order chi connectivity index (χ1) is 27.3. The van der Waals surface area contributed by atoms with E-state index in [0.29, 0.717) is 23.0 Å². The Morgan fingerprint density at radius 1 is 0.446 bits per heavy atom. The van der Waals surface area contributed by atoms with Crippen LogP contribution in [-0.4, -0.2) is 55.8 Å². The van der Waals surface area contributed by atoms with Crippen LogP contribution in [0.25, 0.3) is 0 Å². The van der Waals surface area contributed by atoms with Gasteiger partial charge in [-0.25, -0.2) is 0 Å². The number of hydrogen-bond acceptors (Lipinski definition) is 6. The number of carbonyl (C=O) groups is 4. The van der Waals surface area contributed by atoms with Crippen molar-refractivity contribution in [3.8, 4) is 23.0 Å². The fraction of sp³-hybridized carbons (Fsp3) is 0.391. The minimum atomic E-state index is -1.52. The average Bonchev–Trinajstić information content (AvgIpc) is 3.21. The van der Waals surface area contributed by atoms with Gasteiger partial charge in [-0.05, 0) is 85.3 Å². The zero-order valence-electron chi connectivity index (χ0n) is 31.6. The zero-order chi connectivity index (χ0) is 39.0. The fourth-order valence-corrected chi connectivity index (χ4v) is 8.89. The molecular formula is C46H50N2O8. The maximum Gasteiger partial charge on any atom is 0.308 e. The minimum Gasteiger partial charge on any atom is -0.481 e. The number of hydrogen-bond donors (Lipinski definition) is 2. The highest BCUT2D eigenvalue weighted by molar-refractivity contribution is 6.00. The van der Waals surface area contributed by atoms with Crippen LogP contribution in [-0.2, 0) is 32.3 Å². The Labute approximate surface area is 328 Å². The van der Waals surface area contributed by atoms with Gasteiger partial charge in [0.05, 0.1) is 23.7 Å². The first kappa shape index (κ1) is 38.6. The van der Waals surface area contributed by atoms with Gasteiger partial charge in [0.25, 0.3) is 0 Å². The molecule has 0 aliphatic heterocycles. The van der Waals surface area contributed by atoms with Gasteiger partial charge < -0.3 is 29.5 Å². The molecule has 292 valence electrons. The van der Waals surface area contributed by atoms with Crippen LogP contribution in [0.15, 0.2) is 109 Å². The number of rotatable bonds is 14. The molecule has 0 radical (unpaired) electrons. The first-order valence-corrected chi connectivity index (χ1v) is 20.0. The van der Waals surface area contributed by atoms with Crippen molar-refractivity contribution in [3.63, 3.8) is 0 Å². The second-order valence-electron chi connectivity index (χ2n) is 15.4. The molecule has 2 N–H and O–H groups in total. The highest BCUT2D eigenvalue weighted by atomic mass is 16.5. The molecule has 0 aromatic heterocycles. The van der Waals surface area contributed by atoms with E-state index >= 15 is 0 Å². The fourth-order valence-electron chi connectivity index (χ4n) is 8.89. The summed E-state index contributed by atoms with van der Waals surface area (Å²) in [7, 11) is 0. The van der Waals surface area contributed by atoms with E-state index in [4.69, 9.17) is 9.47 Å². The summed E-state index contributed by atoms with van der Waals surface area (Å²) in [6.45, 7) is 0.417. The lowest BCUT2D eigenvalue weighted by molar-refractivity contribution is -0.189. The molecule has 10 nitrogen and oxygen atoms in total. The van der Waals surface area contributed by atoms with E-state index in [1.54, 1.807) is 9.80 Å². The lowest BCUT2D eigenvalue weighted by Crippen LogP contribution is -2.65. The molecule has 4 aromatic carbocycles. The predicted molar refractivity (Wildman–Crippen MR) is 210 cm³/mol. The van der Waals surface area contributed by atoms with Crippen molar-refractivity contribution >= 4 is 23.8 Å². The van der Waals surface area contributed by atoms with Gasteiger partial charge in [0.1, 0.15) is 23.0 Å². The van der Waals surface area contributed by atoms with Gasteiger partial charge in [0.15, 0.2) is 0 Å². The number of amides is 2. The summed E-state index contributed by atoms with van der Waals surface area (Å²) in [5.41, 5.74) is 1.66. The first-order valence-electron chi connectivity index (χ1n) is 20.0. The molecule has 0 saturated heterocycles. The van der Waals surface area contributed by atoms with Gasteiger partial charge in [-0.2, -0.15) is 0 Å². The summed E-state index contributed by atoms with van der Waals surface area (Å²) in [5, 5.41) is 20.9. The second-order valence-corrected chi connectivity index (χ2v) is 15.4. The van der Waals surface area contributed by atoms with Gasteiger partial charge in [0, 0.05) is 25.2 Å². The number of nitrogens with zero attached hydrogens (tertiary/aromatic N) is 2. The summed E-state index contributed by atoms with van der Waals surface area (Å²) in [6.07, 6.45) is 8.81. The van der Waals surface area contributed by atoms with E-state index in [9.17, 15) is 29.4 Å². The topological polar surface area (TPSA) is 134 Å². The molecule has 0 spiro atoms. The summed E-state index contributed by atoms with van der Waals surface area (Å²) >= 11 is 0. The van der Waals surface area contributed by atoms with Crippen LogP contribution in [0.4, 0.5) is 0 Å². The van der Waals surface area contributed by atoms with E-state index in [0.717, 1.165) is 75.3 Å². The van der Waals surface area contributed by atoms with Gasteiger partial charge in [-0.15, -0.1) is 0 Å². The number of ether oxygens (including phenoxy) is 2. The van der Waals surface area contributed by atoms with E-state index in [1.807, 2.05) is 109 Å². The molecule has 3 saturated carbocycles. The smallest absolute Gasteiger partial charge is 0.308 e. The van der Waals surface area contributed by atoms with Crippen LogP contribution in [0, 0.1) is 23.7 Å². The van der Waals surface area contributed by atoms with Gasteiger partial charge in [0.2, 0.25) is 11.8 Å². The largest absolute Gasteiger partial charge is 0.481 e. The number of carboxylic acid groups (broad SMARTS) is 2. The number of carboxylic acids is 2. The molecule has 56 heavy (non-hydrogen) atoms. The molecule has 0 bridgehead atoms. The molecule has 4 aromatic rings. The molecule has 2 amide bonds. The van der Waals surface area contributed by atoms with Crippen LogP contribution in [0.1, 0.15) is 75.3 Å². The van der Waals surface area contributed by atoms with Gasteiger partial charge in [-0.1, -0.05) is 99.2 Å². The monoisotopic (exact) mass is 758 g/mol. The summed E-state index contributed by atoms with van der Waals surface area (Å²) in [6, 6.07) is 33.5. The third kappa shape index (κ3) is 8.91. The Kier molecular flexibility index (Phi) is 12.3. The van der Waals surface area contributed by atoms with Crippen LogP contribution in [0.3, 0.4) is 0 Å². The van der Waals surface area contributed by atoms with Crippen molar-refractivity contribution in [3.05, 3.63) is 120 Å². The zero-order valence-corrected chi connectivity index (χ0v) is 31.6. The van der Waals surface area contributed by atoms with E-state index in [1.165, 1.54) is 0 Å². The van der Waals surface area contributed by atoms with Crippen LogP contribution in [0.5, 0.6) is 23.0 Å². The Morgan fingerprint density at radius 2 is 0.768 bits per heavy atom. The highest BCUT2D eigenvalue weighted by Crippen LogP contribution is 2.50. The maximum absolute atomic E-state index is 14.9. The van der Waals surface area contributed by atoms with Crippen molar-refractivity contribution in [2.24, 2.45) is 23.7 Å². The summed E-state index contributed by atoms with van der Waals surface area (Å²) < 4.78 is 12.0. The Bertz CT molecular complexity index is 1800. The molecule has 7 rings (SSSR count). The van der Waals surface area contributed by atoms with E-state index < -0.39 is 47.4 Å². The molecule has 4 atom stereocenters. The standard InChI is InChI=1S/C46H50N2O8/c49-43(47(33-13-5-1-6-14-33)29-31-21-25-37(26-22-31)55-35-17-9-3-10-18-35)39-40(42(46(53)54)41(39)45(51)52)44(50)48(34-15-7-2-8-16-34)30-32-23-27-38(28-24-32)56-36-19-11-4-12-20-36/h3-4,9-12,17-28,33-34,39-42H,1-2,5-8,13-16,29-30H2,(H,51,52)(H,53,54)/t39-,40-,41-,42-/m0/s1. The Hall–Kier alpha value is -5.64. The van der Waals surface area contributed by atoms with Crippen LogP contribution in [0.2, 0.25) is 0 Å². The van der Waals surface area contributed by atoms with E-state index in [-0.39, 0.29) is 25.2 Å². The predicted octanol–water partition coefficient (Wildman–Crippen LogP) is 8.94. The Balaban J connectivity index is 1.16. The molecule has 10 heteroatoms. The lowest BCUT2D eigenvalue weighted by Gasteiger charge is -2.50. The molecule has 3 aliphatic rings.